The largest absolute Gasteiger partial charge is 0.427 e. The fourth-order valence-corrected chi connectivity index (χ4v) is 1.40. The smallest absolute Gasteiger partial charge is 0.161 e. The van der Waals surface area contributed by atoms with Crippen molar-refractivity contribution in [3.8, 4) is 0 Å². The summed E-state index contributed by atoms with van der Waals surface area (Å²) in [5.41, 5.74) is 0. The Morgan fingerprint density at radius 1 is 1.75 bits per heavy atom. The van der Waals surface area contributed by atoms with Crippen LogP contribution in [-0.2, 0) is 9.22 Å². The molecule has 0 aromatic rings. The molecule has 0 heterocycles. The lowest BCUT2D eigenvalue weighted by Gasteiger charge is -1.91. The van der Waals surface area contributed by atoms with Crippen molar-refractivity contribution >= 4 is 15.5 Å². The van der Waals surface area contributed by atoms with Crippen LogP contribution in [0.1, 0.15) is 13.3 Å². The molecule has 0 radical (unpaired) electrons. The van der Waals surface area contributed by atoms with E-state index in [1.165, 1.54) is 0 Å². The first-order valence-corrected chi connectivity index (χ1v) is 4.33. The first-order chi connectivity index (χ1) is 3.77. The van der Waals surface area contributed by atoms with E-state index in [0.29, 0.717) is 6.42 Å². The van der Waals surface area contributed by atoms with E-state index in [-0.39, 0.29) is 15.5 Å². The molecule has 0 saturated carbocycles. The monoisotopic (exact) mass is 132 g/mol. The second kappa shape index (κ2) is 4.99. The Kier molecular flexibility index (Phi) is 4.90. The summed E-state index contributed by atoms with van der Waals surface area (Å²) in [5, 5.41) is 0. The summed E-state index contributed by atoms with van der Waals surface area (Å²) in [5.74, 6) is 0.273. The molecule has 0 unspecified atom stereocenters. The summed E-state index contributed by atoms with van der Waals surface area (Å²) >= 11 is 0. The van der Waals surface area contributed by atoms with Crippen molar-refractivity contribution in [2.45, 2.75) is 19.4 Å². The summed E-state index contributed by atoms with van der Waals surface area (Å²) in [4.78, 5) is 10.3. The summed E-state index contributed by atoms with van der Waals surface area (Å²) in [6.07, 6.45) is 0.708. The lowest BCUT2D eigenvalue weighted by molar-refractivity contribution is -0.116. The molecule has 0 fully saturated rings. The number of hydrogen-bond donors (Lipinski definition) is 0. The zero-order valence-corrected chi connectivity index (χ0v) is 6.85. The molecule has 0 aliphatic carbocycles. The zero-order valence-electron chi connectivity index (χ0n) is 5.44. The van der Waals surface area contributed by atoms with E-state index >= 15 is 0 Å². The Morgan fingerprint density at radius 3 is 2.75 bits per heavy atom. The van der Waals surface area contributed by atoms with Crippen LogP contribution in [-0.4, -0.2) is 22.7 Å². The number of Topliss-reactive ketones (excluding diaryl/α,β-unsaturated/α-hetero) is 1. The normalized spacial score (nSPS) is 10.8. The molecule has 0 rings (SSSR count). The summed E-state index contributed by atoms with van der Waals surface area (Å²) in [7, 11) is 1.36. The Hall–Kier alpha value is -0.153. The lowest BCUT2D eigenvalue weighted by atomic mass is 10.4. The summed E-state index contributed by atoms with van der Waals surface area (Å²) in [6, 6.07) is 0.992. The van der Waals surface area contributed by atoms with Crippen molar-refractivity contribution in [2.24, 2.45) is 0 Å². The highest BCUT2D eigenvalue weighted by atomic mass is 28.2. The molecular weight excluding hydrogens is 120 g/mol. The van der Waals surface area contributed by atoms with Gasteiger partial charge in [-0.1, -0.05) is 0 Å². The van der Waals surface area contributed by atoms with Gasteiger partial charge in [0, 0.05) is 13.5 Å². The molecular formula is C5H12O2Si. The van der Waals surface area contributed by atoms with Crippen LogP contribution in [0.3, 0.4) is 0 Å². The van der Waals surface area contributed by atoms with E-state index in [4.69, 9.17) is 4.43 Å². The van der Waals surface area contributed by atoms with Crippen molar-refractivity contribution in [3.05, 3.63) is 0 Å². The number of hydrogen-bond acceptors (Lipinski definition) is 2. The molecule has 48 valence electrons. The molecule has 0 amide bonds. The van der Waals surface area contributed by atoms with Crippen LogP contribution >= 0.6 is 0 Å². The van der Waals surface area contributed by atoms with Crippen molar-refractivity contribution in [3.63, 3.8) is 0 Å². The fraction of sp³-hybridized carbons (Fsp3) is 0.800. The molecule has 0 bridgehead atoms. The minimum Gasteiger partial charge on any atom is -0.427 e. The van der Waals surface area contributed by atoms with Gasteiger partial charge in [-0.05, 0) is 13.0 Å². The lowest BCUT2D eigenvalue weighted by Crippen LogP contribution is -1.96. The van der Waals surface area contributed by atoms with E-state index in [9.17, 15) is 4.79 Å². The molecule has 0 aliphatic heterocycles. The summed E-state index contributed by atoms with van der Waals surface area (Å²) in [6.45, 7) is 1.62. The second-order valence-corrected chi connectivity index (χ2v) is 3.49. The highest BCUT2D eigenvalue weighted by Crippen LogP contribution is 1.88. The van der Waals surface area contributed by atoms with Gasteiger partial charge in [0.1, 0.15) is 5.78 Å². The highest BCUT2D eigenvalue weighted by Gasteiger charge is 1.91. The van der Waals surface area contributed by atoms with Gasteiger partial charge in [-0.25, -0.2) is 0 Å². The quantitative estimate of drug-likeness (QED) is 0.401. The van der Waals surface area contributed by atoms with Gasteiger partial charge < -0.3 is 9.22 Å². The maximum absolute atomic E-state index is 10.3. The maximum atomic E-state index is 10.3. The van der Waals surface area contributed by atoms with Crippen LogP contribution in [0.5, 0.6) is 0 Å². The minimum absolute atomic E-state index is 0.273. The highest BCUT2D eigenvalue weighted by molar-refractivity contribution is 6.27. The predicted molar refractivity (Wildman–Crippen MR) is 35.7 cm³/mol. The Balaban J connectivity index is 2.82. The Labute approximate surface area is 52.2 Å². The second-order valence-electron chi connectivity index (χ2n) is 1.80. The van der Waals surface area contributed by atoms with E-state index in [1.54, 1.807) is 14.0 Å². The molecule has 0 saturated heterocycles. The third-order valence-corrected chi connectivity index (χ3v) is 1.93. The average molecular weight is 132 g/mol. The fourth-order valence-electron chi connectivity index (χ4n) is 0.465. The number of carbonyl (C=O) groups is 1. The van der Waals surface area contributed by atoms with Crippen molar-refractivity contribution in [2.75, 3.05) is 7.11 Å². The first-order valence-electron chi connectivity index (χ1n) is 2.75. The first kappa shape index (κ1) is 7.85. The zero-order chi connectivity index (χ0) is 6.41. The molecule has 8 heavy (non-hydrogen) atoms. The van der Waals surface area contributed by atoms with Crippen molar-refractivity contribution < 1.29 is 9.22 Å². The molecule has 0 atom stereocenters. The number of ketones is 1. The molecule has 0 aromatic heterocycles. The van der Waals surface area contributed by atoms with Gasteiger partial charge in [0.05, 0.1) is 0 Å². The van der Waals surface area contributed by atoms with E-state index < -0.39 is 0 Å². The van der Waals surface area contributed by atoms with Crippen LogP contribution < -0.4 is 0 Å². The van der Waals surface area contributed by atoms with Crippen molar-refractivity contribution in [1.82, 2.24) is 0 Å². The molecule has 0 aliphatic rings. The van der Waals surface area contributed by atoms with Crippen LogP contribution in [0.2, 0.25) is 6.04 Å². The van der Waals surface area contributed by atoms with E-state index in [2.05, 4.69) is 0 Å². The average Bonchev–Trinajstić information content (AvgIpc) is 1.66. The van der Waals surface area contributed by atoms with Crippen LogP contribution in [0, 0.1) is 0 Å². The van der Waals surface area contributed by atoms with Gasteiger partial charge >= 0.3 is 0 Å². The van der Waals surface area contributed by atoms with Crippen LogP contribution in [0.15, 0.2) is 0 Å². The molecule has 3 heteroatoms. The van der Waals surface area contributed by atoms with Gasteiger partial charge in [-0.15, -0.1) is 0 Å². The van der Waals surface area contributed by atoms with Crippen LogP contribution in [0.4, 0.5) is 0 Å². The molecule has 0 N–H and O–H groups in total. The van der Waals surface area contributed by atoms with Gasteiger partial charge in [0.15, 0.2) is 9.76 Å². The van der Waals surface area contributed by atoms with Gasteiger partial charge in [0.2, 0.25) is 0 Å². The van der Waals surface area contributed by atoms with E-state index in [0.717, 1.165) is 6.04 Å². The summed E-state index contributed by atoms with van der Waals surface area (Å²) < 4.78 is 4.88. The Bertz CT molecular complexity index is 72.8. The molecule has 2 nitrogen and oxygen atoms in total. The Morgan fingerprint density at radius 2 is 2.38 bits per heavy atom. The molecule has 0 spiro atoms. The minimum atomic E-state index is -0.342. The predicted octanol–water partition coefficient (Wildman–Crippen LogP) is 0.114. The third kappa shape index (κ3) is 5.85. The third-order valence-electron chi connectivity index (χ3n) is 0.877. The number of carbonyl (C=O) groups excluding carboxylic acids is 1. The SMILES string of the molecule is CO[SiH2]CCC(C)=O. The van der Waals surface area contributed by atoms with Gasteiger partial charge in [-0.2, -0.15) is 0 Å². The van der Waals surface area contributed by atoms with E-state index in [1.807, 2.05) is 0 Å². The standard InChI is InChI=1S/C5H12O2Si/c1-5(6)3-4-8-7-2/h3-4,8H2,1-2H3. The van der Waals surface area contributed by atoms with Gasteiger partial charge in [0.25, 0.3) is 0 Å². The molecule has 0 aromatic carbocycles. The maximum Gasteiger partial charge on any atom is 0.161 e. The van der Waals surface area contributed by atoms with Crippen LogP contribution in [0.25, 0.3) is 0 Å². The topological polar surface area (TPSA) is 26.3 Å². The number of rotatable bonds is 4. The van der Waals surface area contributed by atoms with Crippen molar-refractivity contribution in [1.29, 1.82) is 0 Å². The van der Waals surface area contributed by atoms with Gasteiger partial charge in [-0.3, -0.25) is 0 Å².